The summed E-state index contributed by atoms with van der Waals surface area (Å²) in [6.07, 6.45) is 0.330. The molecule has 0 aromatic heterocycles. The van der Waals surface area contributed by atoms with Crippen molar-refractivity contribution in [3.05, 3.63) is 130 Å². The summed E-state index contributed by atoms with van der Waals surface area (Å²) in [5, 5.41) is 25.4. The average Bonchev–Trinajstić information content (AvgIpc) is 3.78. The van der Waals surface area contributed by atoms with Gasteiger partial charge in [-0.05, 0) is 80.5 Å². The van der Waals surface area contributed by atoms with Gasteiger partial charge < -0.3 is 34.7 Å². The molecule has 0 unspecified atom stereocenters. The molecule has 0 saturated carbocycles. The molecule has 60 heavy (non-hydrogen) atoms. The molecule has 314 valence electrons. The van der Waals surface area contributed by atoms with Crippen LogP contribution in [0.1, 0.15) is 42.9 Å². The maximum atomic E-state index is 15.1. The molecule has 4 atom stereocenters. The Bertz CT molecular complexity index is 2250. The van der Waals surface area contributed by atoms with Gasteiger partial charge in [-0.3, -0.25) is 29.4 Å². The van der Waals surface area contributed by atoms with Gasteiger partial charge in [0.25, 0.3) is 17.5 Å². The molecule has 3 amide bonds. The van der Waals surface area contributed by atoms with Crippen LogP contribution >= 0.6 is 0 Å². The Morgan fingerprint density at radius 1 is 0.933 bits per heavy atom. The lowest BCUT2D eigenvalue weighted by molar-refractivity contribution is -0.385. The highest BCUT2D eigenvalue weighted by Gasteiger charge is 2.67. The average molecular weight is 833 g/mol. The lowest BCUT2D eigenvalue weighted by atomic mass is 9.82. The number of nitro groups is 1. The van der Waals surface area contributed by atoms with Gasteiger partial charge in [0.15, 0.2) is 13.9 Å². The van der Waals surface area contributed by atoms with Crippen molar-refractivity contribution in [1.82, 2.24) is 10.2 Å². The van der Waals surface area contributed by atoms with Gasteiger partial charge in [-0.2, -0.15) is 0 Å². The summed E-state index contributed by atoms with van der Waals surface area (Å²) in [7, 11) is -3.18. The van der Waals surface area contributed by atoms with E-state index in [1.807, 2.05) is 96.8 Å². The Morgan fingerprint density at radius 3 is 2.23 bits per heavy atom. The predicted octanol–water partition coefficient (Wildman–Crippen LogP) is 5.28. The molecular weight excluding hydrogens is 781 g/mol. The molecule has 3 N–H and O–H groups in total. The number of aliphatic hydroxyl groups excluding tert-OH is 1. The fourth-order valence-corrected chi connectivity index (χ4v) is 12.7. The number of non-ortho nitro benzene ring substituents is 1. The van der Waals surface area contributed by atoms with Crippen LogP contribution in [-0.4, -0.2) is 90.3 Å². The molecular formula is C45H52N6O8Si. The van der Waals surface area contributed by atoms with E-state index in [1.165, 1.54) is 12.1 Å². The fraction of sp³-hybridized carbons (Fsp3) is 0.400. The number of carbonyl (C=O) groups excluding carboxylic acids is 3. The minimum atomic E-state index is -3.18. The smallest absolute Gasteiger partial charge is 0.269 e. The van der Waals surface area contributed by atoms with Gasteiger partial charge in [-0.15, -0.1) is 0 Å². The van der Waals surface area contributed by atoms with Crippen molar-refractivity contribution in [2.75, 3.05) is 47.6 Å². The number of nitro benzene ring substituents is 1. The maximum Gasteiger partial charge on any atom is 0.269 e. The fourth-order valence-electron chi connectivity index (χ4n) is 10.2. The maximum absolute atomic E-state index is 15.1. The number of rotatable bonds is 12. The van der Waals surface area contributed by atoms with E-state index in [2.05, 4.69) is 10.2 Å². The number of benzene rings is 4. The van der Waals surface area contributed by atoms with Crippen LogP contribution in [0.4, 0.5) is 22.7 Å². The first kappa shape index (κ1) is 41.3. The first-order valence-corrected chi connectivity index (χ1v) is 23.7. The molecule has 0 aliphatic carbocycles. The highest BCUT2D eigenvalue weighted by molar-refractivity contribution is 6.71. The number of anilines is 3. The second kappa shape index (κ2) is 16.2. The molecule has 8 rings (SSSR count). The molecule has 0 bridgehead atoms. The van der Waals surface area contributed by atoms with Crippen molar-refractivity contribution in [2.45, 2.75) is 75.2 Å². The first-order valence-electron chi connectivity index (χ1n) is 20.7. The van der Waals surface area contributed by atoms with Crippen molar-refractivity contribution >= 4 is 48.8 Å². The Morgan fingerprint density at radius 2 is 1.60 bits per heavy atom. The van der Waals surface area contributed by atoms with Crippen LogP contribution < -0.4 is 20.0 Å². The summed E-state index contributed by atoms with van der Waals surface area (Å²) in [4.78, 5) is 74.0. The van der Waals surface area contributed by atoms with E-state index in [1.54, 1.807) is 29.0 Å². The molecule has 4 aromatic rings. The number of fused-ring (bicyclic) bond motifs is 2. The van der Waals surface area contributed by atoms with Gasteiger partial charge in [0.2, 0.25) is 5.91 Å². The summed E-state index contributed by atoms with van der Waals surface area (Å²) in [5.74, 6) is -1.33. The number of para-hydroxylation sites is 1. The van der Waals surface area contributed by atoms with Gasteiger partial charge in [0.05, 0.1) is 43.0 Å². The minimum Gasteiger partial charge on any atom is -0.432 e. The Kier molecular flexibility index (Phi) is 11.1. The zero-order valence-electron chi connectivity index (χ0n) is 34.2. The van der Waals surface area contributed by atoms with Crippen molar-refractivity contribution in [3.8, 4) is 0 Å². The second-order valence-corrected chi connectivity index (χ2v) is 21.0. The van der Waals surface area contributed by atoms with Crippen LogP contribution in [0.15, 0.2) is 103 Å². The molecule has 0 radical (unpaired) electrons. The Balaban J connectivity index is 1.09. The summed E-state index contributed by atoms with van der Waals surface area (Å²) >= 11 is 0. The highest BCUT2D eigenvalue weighted by Crippen LogP contribution is 2.60. The van der Waals surface area contributed by atoms with Gasteiger partial charge in [0, 0.05) is 53.6 Å². The second-order valence-electron chi connectivity index (χ2n) is 17.0. The zero-order valence-corrected chi connectivity index (χ0v) is 35.2. The number of nitrogens with one attached hydrogen (secondary N) is 1. The van der Waals surface area contributed by atoms with Crippen LogP contribution in [0.2, 0.25) is 18.6 Å². The number of ether oxygens (including phenoxy) is 1. The number of aliphatic hydroxyl groups is 1. The number of nitrogens with zero attached hydrogens (tertiary/aromatic N) is 5. The third kappa shape index (κ3) is 7.17. The first-order chi connectivity index (χ1) is 28.8. The lowest BCUT2D eigenvalue weighted by Gasteiger charge is -2.39. The predicted molar refractivity (Wildman–Crippen MR) is 230 cm³/mol. The highest BCUT2D eigenvalue weighted by atomic mass is 28.4. The van der Waals surface area contributed by atoms with Crippen molar-refractivity contribution in [3.63, 3.8) is 0 Å². The summed E-state index contributed by atoms with van der Waals surface area (Å²) in [6, 6.07) is 31.3. The molecule has 4 heterocycles. The van der Waals surface area contributed by atoms with Crippen LogP contribution in [0.5, 0.6) is 0 Å². The largest absolute Gasteiger partial charge is 0.432 e. The molecule has 4 aromatic carbocycles. The van der Waals surface area contributed by atoms with Gasteiger partial charge in [-0.1, -0.05) is 67.6 Å². The van der Waals surface area contributed by atoms with Crippen molar-refractivity contribution in [2.24, 2.45) is 5.92 Å². The molecule has 4 aliphatic rings. The van der Waals surface area contributed by atoms with Crippen LogP contribution in [0.3, 0.4) is 0 Å². The number of hydrogen-bond donors (Lipinski definition) is 3. The molecule has 14 nitrogen and oxygen atoms in total. The third-order valence-electron chi connectivity index (χ3n) is 13.0. The number of piperidine rings is 1. The van der Waals surface area contributed by atoms with Crippen LogP contribution in [0.25, 0.3) is 0 Å². The summed E-state index contributed by atoms with van der Waals surface area (Å²) in [5.41, 5.74) is 0.995. The molecule has 2 spiro atoms. The van der Waals surface area contributed by atoms with Crippen molar-refractivity contribution in [1.29, 1.82) is 0 Å². The van der Waals surface area contributed by atoms with E-state index in [0.717, 1.165) is 35.6 Å². The van der Waals surface area contributed by atoms with Crippen LogP contribution in [0, 0.1) is 16.0 Å². The van der Waals surface area contributed by atoms with Gasteiger partial charge in [0.1, 0.15) is 5.54 Å². The Hall–Kier alpha value is -5.45. The molecule has 3 fully saturated rings. The minimum absolute atomic E-state index is 0.0534. The normalized spacial score (nSPS) is 23.5. The van der Waals surface area contributed by atoms with E-state index in [4.69, 9.17) is 4.74 Å². The number of amides is 3. The number of carbonyl (C=O) groups is 3. The zero-order chi connectivity index (χ0) is 42.4. The van der Waals surface area contributed by atoms with Crippen LogP contribution in [-0.2, 0) is 37.8 Å². The topological polar surface area (TPSA) is 169 Å². The summed E-state index contributed by atoms with van der Waals surface area (Å²) < 4.78 is 6.85. The lowest BCUT2D eigenvalue weighted by Crippen LogP contribution is -2.55. The quantitative estimate of drug-likeness (QED) is 0.0971. The van der Waals surface area contributed by atoms with E-state index in [9.17, 15) is 29.6 Å². The Labute approximate surface area is 350 Å². The van der Waals surface area contributed by atoms with Gasteiger partial charge in [-0.25, -0.2) is 0 Å². The van der Waals surface area contributed by atoms with E-state index < -0.39 is 47.9 Å². The molecule has 4 aliphatic heterocycles. The molecule has 15 heteroatoms. The molecule has 3 saturated heterocycles. The van der Waals surface area contributed by atoms with Crippen molar-refractivity contribution < 1.29 is 33.9 Å². The van der Waals surface area contributed by atoms with E-state index in [-0.39, 0.29) is 50.2 Å². The summed E-state index contributed by atoms with van der Waals surface area (Å²) in [6.45, 7) is 7.43. The SMILES string of the molecule is C[C@@H]1[C@@H]([Si](C)(C)O)[C@H](CC(=O)N(CCO)Cc2ccccc2)O[C@@]12C(=O)N(Cc1ccc(N3CN(c4ccccc4)C4(CCNCC4)C3=O)cc1)c1ccc([N+](=O)[O-])cc12. The third-order valence-corrected chi connectivity index (χ3v) is 15.5. The standard InChI is InChI=1S/C45H52N6O8Si/c1-31-41(60(2,3)58)39(27-40(53)47(24-25-52)28-32-10-6-4-7-11-32)59-45(31)37-26-36(51(56)57)18-19-38(37)48(43(45)55)29-33-14-16-34(17-15-33)49-30-50(35-12-8-5-9-13-35)44(42(49)54)20-22-46-23-21-44/h4-19,26,31,39,41,46,52,58H,20-25,27-30H2,1-3H3/t31-,39+,41-,45+/m1/s1. The van der Waals surface area contributed by atoms with E-state index in [0.29, 0.717) is 30.8 Å². The number of hydrogen-bond acceptors (Lipinski definition) is 10. The monoisotopic (exact) mass is 832 g/mol. The van der Waals surface area contributed by atoms with E-state index >= 15 is 4.79 Å². The van der Waals surface area contributed by atoms with Gasteiger partial charge >= 0.3 is 0 Å².